The minimum atomic E-state index is -0.306. The van der Waals surface area contributed by atoms with E-state index >= 15 is 0 Å². The number of hydrazone groups is 1. The van der Waals surface area contributed by atoms with Gasteiger partial charge in [-0.05, 0) is 50.1 Å². The number of amides is 1. The van der Waals surface area contributed by atoms with Crippen molar-refractivity contribution in [1.29, 1.82) is 0 Å². The zero-order valence-electron chi connectivity index (χ0n) is 13.6. The van der Waals surface area contributed by atoms with E-state index in [1.54, 1.807) is 12.1 Å². The highest BCUT2D eigenvalue weighted by Gasteiger charge is 2.05. The van der Waals surface area contributed by atoms with Crippen molar-refractivity contribution in [1.82, 2.24) is 5.43 Å². The summed E-state index contributed by atoms with van der Waals surface area (Å²) in [5, 5.41) is 4.07. The Balaban J connectivity index is 1.89. The van der Waals surface area contributed by atoms with E-state index in [1.165, 1.54) is 0 Å². The van der Waals surface area contributed by atoms with Crippen molar-refractivity contribution >= 4 is 17.3 Å². The number of nitrogens with two attached hydrogens (primary N) is 1. The Morgan fingerprint density at radius 2 is 1.87 bits per heavy atom. The third-order valence-electron chi connectivity index (χ3n) is 3.37. The molecule has 2 rings (SSSR count). The van der Waals surface area contributed by atoms with Gasteiger partial charge in [-0.1, -0.05) is 29.8 Å². The molecule has 0 saturated carbocycles. The highest BCUT2D eigenvalue weighted by atomic mass is 16.5. The Hall–Kier alpha value is -2.82. The maximum atomic E-state index is 11.8. The quantitative estimate of drug-likeness (QED) is 0.506. The first-order valence-corrected chi connectivity index (χ1v) is 7.35. The van der Waals surface area contributed by atoms with Crippen LogP contribution in [-0.4, -0.2) is 18.2 Å². The van der Waals surface area contributed by atoms with Gasteiger partial charge in [-0.3, -0.25) is 4.79 Å². The summed E-state index contributed by atoms with van der Waals surface area (Å²) in [6.45, 7) is 5.70. The molecule has 23 heavy (non-hydrogen) atoms. The largest absolute Gasteiger partial charge is 0.483 e. The summed E-state index contributed by atoms with van der Waals surface area (Å²) in [5.41, 5.74) is 12.6. The number of carbonyl (C=O) groups excluding carboxylic acids is 1. The van der Waals surface area contributed by atoms with Crippen LogP contribution in [-0.2, 0) is 4.79 Å². The van der Waals surface area contributed by atoms with Crippen molar-refractivity contribution in [3.05, 3.63) is 59.2 Å². The molecule has 5 heteroatoms. The van der Waals surface area contributed by atoms with Crippen LogP contribution in [0.2, 0.25) is 0 Å². The van der Waals surface area contributed by atoms with Crippen LogP contribution in [0.25, 0.3) is 0 Å². The lowest BCUT2D eigenvalue weighted by Crippen LogP contribution is -2.25. The maximum Gasteiger partial charge on any atom is 0.277 e. The number of rotatable bonds is 5. The molecule has 0 unspecified atom stereocenters. The molecule has 0 aromatic heterocycles. The monoisotopic (exact) mass is 311 g/mol. The fourth-order valence-corrected chi connectivity index (χ4v) is 2.07. The number of nitrogens with zero attached hydrogens (tertiary/aromatic N) is 1. The molecule has 2 aromatic rings. The van der Waals surface area contributed by atoms with Gasteiger partial charge in [0, 0.05) is 5.69 Å². The molecule has 2 aromatic carbocycles. The Kier molecular flexibility index (Phi) is 5.36. The Morgan fingerprint density at radius 3 is 2.52 bits per heavy atom. The van der Waals surface area contributed by atoms with Gasteiger partial charge in [0.25, 0.3) is 5.91 Å². The smallest absolute Gasteiger partial charge is 0.277 e. The highest BCUT2D eigenvalue weighted by molar-refractivity contribution is 5.99. The van der Waals surface area contributed by atoms with E-state index in [9.17, 15) is 4.79 Å². The number of anilines is 1. The van der Waals surface area contributed by atoms with Gasteiger partial charge in [0.2, 0.25) is 0 Å². The van der Waals surface area contributed by atoms with Crippen molar-refractivity contribution in [3.8, 4) is 5.75 Å². The van der Waals surface area contributed by atoms with Gasteiger partial charge in [0.05, 0.1) is 5.71 Å². The first-order chi connectivity index (χ1) is 11.0. The average Bonchev–Trinajstić information content (AvgIpc) is 2.52. The average molecular weight is 311 g/mol. The van der Waals surface area contributed by atoms with Gasteiger partial charge in [0.1, 0.15) is 5.75 Å². The molecule has 0 aliphatic heterocycles. The van der Waals surface area contributed by atoms with Crippen molar-refractivity contribution < 1.29 is 9.53 Å². The summed E-state index contributed by atoms with van der Waals surface area (Å²) in [7, 11) is 0. The van der Waals surface area contributed by atoms with Crippen LogP contribution in [0.4, 0.5) is 5.69 Å². The van der Waals surface area contributed by atoms with Crippen LogP contribution >= 0.6 is 0 Å². The molecule has 0 heterocycles. The molecule has 0 bridgehead atoms. The van der Waals surface area contributed by atoms with Gasteiger partial charge in [-0.2, -0.15) is 5.10 Å². The first kappa shape index (κ1) is 16.5. The van der Waals surface area contributed by atoms with Crippen molar-refractivity contribution in [2.24, 2.45) is 5.10 Å². The number of benzene rings is 2. The maximum absolute atomic E-state index is 11.8. The molecule has 120 valence electrons. The van der Waals surface area contributed by atoms with Crippen molar-refractivity contribution in [3.63, 3.8) is 0 Å². The van der Waals surface area contributed by atoms with Crippen LogP contribution < -0.4 is 15.9 Å². The van der Waals surface area contributed by atoms with E-state index < -0.39 is 0 Å². The predicted octanol–water partition coefficient (Wildman–Crippen LogP) is 2.80. The van der Waals surface area contributed by atoms with Crippen molar-refractivity contribution in [2.45, 2.75) is 20.8 Å². The number of ether oxygens (including phenoxy) is 1. The predicted molar refractivity (Wildman–Crippen MR) is 92.6 cm³/mol. The Morgan fingerprint density at radius 1 is 1.17 bits per heavy atom. The van der Waals surface area contributed by atoms with Crippen molar-refractivity contribution in [2.75, 3.05) is 12.3 Å². The molecular weight excluding hydrogens is 290 g/mol. The van der Waals surface area contributed by atoms with Crippen LogP contribution in [0.1, 0.15) is 23.6 Å². The lowest BCUT2D eigenvalue weighted by Gasteiger charge is -2.09. The molecule has 0 aliphatic rings. The van der Waals surface area contributed by atoms with Crippen LogP contribution in [0.15, 0.2) is 47.6 Å². The number of aryl methyl sites for hydroxylation is 2. The summed E-state index contributed by atoms with van der Waals surface area (Å²) in [6, 6.07) is 13.1. The molecule has 0 saturated heterocycles. The Labute approximate surface area is 136 Å². The second kappa shape index (κ2) is 7.45. The molecular formula is C18H21N3O2. The fraction of sp³-hybridized carbons (Fsp3) is 0.222. The molecule has 0 radical (unpaired) electrons. The van der Waals surface area contributed by atoms with Crippen LogP contribution in [0.5, 0.6) is 5.75 Å². The summed E-state index contributed by atoms with van der Waals surface area (Å²) in [6.07, 6.45) is 0. The summed E-state index contributed by atoms with van der Waals surface area (Å²) in [4.78, 5) is 11.8. The fourth-order valence-electron chi connectivity index (χ4n) is 2.07. The Bertz CT molecular complexity index is 722. The number of nitrogens with one attached hydrogen (secondary N) is 1. The molecule has 0 spiro atoms. The summed E-state index contributed by atoms with van der Waals surface area (Å²) < 4.78 is 5.51. The SMILES string of the molecule is CC(=NNC(=O)COc1ccc(C)cc1C)c1ccc(N)cc1. The zero-order valence-corrected chi connectivity index (χ0v) is 13.6. The third kappa shape index (κ3) is 4.85. The summed E-state index contributed by atoms with van der Waals surface area (Å²) in [5.74, 6) is 0.393. The minimum absolute atomic E-state index is 0.0809. The van der Waals surface area contributed by atoms with Gasteiger partial charge in [-0.25, -0.2) is 5.43 Å². The standard InChI is InChI=1S/C18H21N3O2/c1-12-4-9-17(13(2)10-12)23-11-18(22)21-20-14(3)15-5-7-16(19)8-6-15/h4-10H,11,19H2,1-3H3,(H,21,22). The second-order valence-corrected chi connectivity index (χ2v) is 5.41. The highest BCUT2D eigenvalue weighted by Crippen LogP contribution is 2.18. The van der Waals surface area contributed by atoms with E-state index in [0.717, 1.165) is 16.7 Å². The first-order valence-electron chi connectivity index (χ1n) is 7.35. The lowest BCUT2D eigenvalue weighted by atomic mass is 10.1. The topological polar surface area (TPSA) is 76.7 Å². The van der Waals surface area contributed by atoms with Gasteiger partial charge in [-0.15, -0.1) is 0 Å². The van der Waals surface area contributed by atoms with Gasteiger partial charge in [0.15, 0.2) is 6.61 Å². The molecule has 0 aliphatic carbocycles. The van der Waals surface area contributed by atoms with E-state index in [4.69, 9.17) is 10.5 Å². The molecule has 3 N–H and O–H groups in total. The number of nitrogen functional groups attached to an aromatic ring is 1. The second-order valence-electron chi connectivity index (χ2n) is 5.41. The molecule has 5 nitrogen and oxygen atoms in total. The van der Waals surface area contributed by atoms with E-state index in [0.29, 0.717) is 17.1 Å². The van der Waals surface area contributed by atoms with E-state index in [2.05, 4.69) is 10.5 Å². The molecule has 0 atom stereocenters. The summed E-state index contributed by atoms with van der Waals surface area (Å²) >= 11 is 0. The molecule has 0 fully saturated rings. The van der Waals surface area contributed by atoms with Crippen LogP contribution in [0.3, 0.4) is 0 Å². The van der Waals surface area contributed by atoms with Gasteiger partial charge < -0.3 is 10.5 Å². The van der Waals surface area contributed by atoms with E-state index in [1.807, 2.05) is 51.1 Å². The minimum Gasteiger partial charge on any atom is -0.483 e. The number of carbonyl (C=O) groups is 1. The number of hydrogen-bond donors (Lipinski definition) is 2. The van der Waals surface area contributed by atoms with Crippen LogP contribution in [0, 0.1) is 13.8 Å². The lowest BCUT2D eigenvalue weighted by molar-refractivity contribution is -0.123. The van der Waals surface area contributed by atoms with E-state index in [-0.39, 0.29) is 12.5 Å². The zero-order chi connectivity index (χ0) is 16.8. The normalized spacial score (nSPS) is 11.2. The molecule has 1 amide bonds. The third-order valence-corrected chi connectivity index (χ3v) is 3.37. The number of hydrogen-bond acceptors (Lipinski definition) is 4. The van der Waals surface area contributed by atoms with Gasteiger partial charge >= 0.3 is 0 Å².